The van der Waals surface area contributed by atoms with E-state index in [0.29, 0.717) is 11.1 Å². The number of amides is 1. The molecule has 4 aromatic rings. The third-order valence-corrected chi connectivity index (χ3v) is 4.70. The van der Waals surface area contributed by atoms with E-state index in [0.717, 1.165) is 22.8 Å². The maximum absolute atomic E-state index is 12.4. The van der Waals surface area contributed by atoms with Crippen LogP contribution in [0.2, 0.25) is 0 Å². The zero-order chi connectivity index (χ0) is 21.8. The van der Waals surface area contributed by atoms with Gasteiger partial charge in [0.05, 0.1) is 5.39 Å². The van der Waals surface area contributed by atoms with Gasteiger partial charge in [0, 0.05) is 17.3 Å². The molecule has 0 fully saturated rings. The minimum Gasteiger partial charge on any atom is -0.450 e. The minimum absolute atomic E-state index is 0.251. The van der Waals surface area contributed by atoms with Crippen molar-refractivity contribution in [1.29, 1.82) is 0 Å². The summed E-state index contributed by atoms with van der Waals surface area (Å²) in [5.41, 5.74) is 3.23. The molecular formula is C25H19NO5. The quantitative estimate of drug-likeness (QED) is 0.485. The SMILES string of the molecule is Cc1ccc2oc(C(=O)OCC(=O)Nc3ccccc3-c3ccccc3)cc(=O)c2c1. The first-order chi connectivity index (χ1) is 15.0. The van der Waals surface area contributed by atoms with E-state index in [1.807, 2.05) is 49.4 Å². The summed E-state index contributed by atoms with van der Waals surface area (Å²) in [7, 11) is 0. The standard InChI is InChI=1S/C25H19NO5/c1-16-11-12-22-19(13-16)21(27)14-23(31-22)25(29)30-15-24(28)26-20-10-6-5-9-18(20)17-7-3-2-4-8-17/h2-14H,15H2,1H3,(H,26,28). The van der Waals surface area contributed by atoms with Gasteiger partial charge in [0.2, 0.25) is 5.76 Å². The van der Waals surface area contributed by atoms with Gasteiger partial charge in [0.25, 0.3) is 5.91 Å². The zero-order valence-electron chi connectivity index (χ0n) is 16.8. The van der Waals surface area contributed by atoms with Crippen LogP contribution in [-0.4, -0.2) is 18.5 Å². The summed E-state index contributed by atoms with van der Waals surface area (Å²) in [5.74, 6) is -1.64. The second-order valence-corrected chi connectivity index (χ2v) is 7.01. The Balaban J connectivity index is 1.45. The van der Waals surface area contributed by atoms with Gasteiger partial charge < -0.3 is 14.5 Å². The van der Waals surface area contributed by atoms with Gasteiger partial charge in [-0.05, 0) is 30.7 Å². The molecule has 0 aliphatic carbocycles. The fourth-order valence-corrected chi connectivity index (χ4v) is 3.22. The predicted molar refractivity (Wildman–Crippen MR) is 118 cm³/mol. The van der Waals surface area contributed by atoms with Gasteiger partial charge in [-0.3, -0.25) is 9.59 Å². The average molecular weight is 413 g/mol. The number of ether oxygens (including phenoxy) is 1. The van der Waals surface area contributed by atoms with Crippen LogP contribution in [0.25, 0.3) is 22.1 Å². The molecule has 1 heterocycles. The topological polar surface area (TPSA) is 85.6 Å². The van der Waals surface area contributed by atoms with Crippen LogP contribution in [0.4, 0.5) is 5.69 Å². The van der Waals surface area contributed by atoms with Crippen molar-refractivity contribution in [2.24, 2.45) is 0 Å². The molecule has 1 amide bonds. The van der Waals surface area contributed by atoms with Crippen molar-refractivity contribution < 1.29 is 18.7 Å². The molecular weight excluding hydrogens is 394 g/mol. The summed E-state index contributed by atoms with van der Waals surface area (Å²) in [5, 5.41) is 3.14. The first-order valence-electron chi connectivity index (χ1n) is 9.67. The van der Waals surface area contributed by atoms with Crippen LogP contribution >= 0.6 is 0 Å². The van der Waals surface area contributed by atoms with E-state index in [1.54, 1.807) is 30.3 Å². The predicted octanol–water partition coefficient (Wildman–Crippen LogP) is 4.56. The van der Waals surface area contributed by atoms with Gasteiger partial charge in [0.1, 0.15) is 5.58 Å². The van der Waals surface area contributed by atoms with E-state index < -0.39 is 18.5 Å². The van der Waals surface area contributed by atoms with E-state index in [9.17, 15) is 14.4 Å². The van der Waals surface area contributed by atoms with Crippen molar-refractivity contribution in [1.82, 2.24) is 0 Å². The number of esters is 1. The smallest absolute Gasteiger partial charge is 0.374 e. The molecule has 0 aliphatic rings. The van der Waals surface area contributed by atoms with Crippen LogP contribution in [0.15, 0.2) is 88.1 Å². The normalized spacial score (nSPS) is 10.6. The average Bonchev–Trinajstić information content (AvgIpc) is 2.79. The number of benzene rings is 3. The van der Waals surface area contributed by atoms with Crippen LogP contribution in [0.3, 0.4) is 0 Å². The number of nitrogens with one attached hydrogen (secondary N) is 1. The molecule has 0 bridgehead atoms. The number of carbonyl (C=O) groups excluding carboxylic acids is 2. The van der Waals surface area contributed by atoms with E-state index in [1.165, 1.54) is 0 Å². The molecule has 31 heavy (non-hydrogen) atoms. The third kappa shape index (κ3) is 4.53. The van der Waals surface area contributed by atoms with Gasteiger partial charge >= 0.3 is 5.97 Å². The van der Waals surface area contributed by atoms with E-state index in [-0.39, 0.29) is 16.8 Å². The fraction of sp³-hybridized carbons (Fsp3) is 0.0800. The first kappa shape index (κ1) is 20.1. The maximum atomic E-state index is 12.4. The molecule has 6 nitrogen and oxygen atoms in total. The molecule has 6 heteroatoms. The van der Waals surface area contributed by atoms with E-state index >= 15 is 0 Å². The van der Waals surface area contributed by atoms with Crippen molar-refractivity contribution in [3.8, 4) is 11.1 Å². The number of carbonyl (C=O) groups is 2. The second-order valence-electron chi connectivity index (χ2n) is 7.01. The van der Waals surface area contributed by atoms with Crippen LogP contribution in [-0.2, 0) is 9.53 Å². The van der Waals surface area contributed by atoms with Crippen molar-refractivity contribution in [3.05, 3.63) is 100 Å². The number of para-hydroxylation sites is 1. The Morgan fingerprint density at radius 2 is 1.68 bits per heavy atom. The van der Waals surface area contributed by atoms with Gasteiger partial charge in [-0.15, -0.1) is 0 Å². The molecule has 0 saturated heterocycles. The highest BCUT2D eigenvalue weighted by Crippen LogP contribution is 2.27. The fourth-order valence-electron chi connectivity index (χ4n) is 3.22. The molecule has 0 unspecified atom stereocenters. The second kappa shape index (κ2) is 8.67. The lowest BCUT2D eigenvalue weighted by atomic mass is 10.0. The molecule has 1 N–H and O–H groups in total. The number of hydrogen-bond acceptors (Lipinski definition) is 5. The van der Waals surface area contributed by atoms with Crippen molar-refractivity contribution in [2.45, 2.75) is 6.92 Å². The Morgan fingerprint density at radius 1 is 0.935 bits per heavy atom. The molecule has 3 aromatic carbocycles. The summed E-state index contributed by atoms with van der Waals surface area (Å²) in [4.78, 5) is 36.9. The molecule has 0 aliphatic heterocycles. The highest BCUT2D eigenvalue weighted by atomic mass is 16.5. The number of anilines is 1. The van der Waals surface area contributed by atoms with Gasteiger partial charge in [-0.1, -0.05) is 60.2 Å². The Kier molecular flexibility index (Phi) is 5.62. The minimum atomic E-state index is -0.883. The number of fused-ring (bicyclic) bond motifs is 1. The Labute approximate surface area is 178 Å². The highest BCUT2D eigenvalue weighted by Gasteiger charge is 2.16. The highest BCUT2D eigenvalue weighted by molar-refractivity contribution is 5.98. The number of hydrogen-bond donors (Lipinski definition) is 1. The lowest BCUT2D eigenvalue weighted by Crippen LogP contribution is -2.21. The Hall–Kier alpha value is -4.19. The summed E-state index contributed by atoms with van der Waals surface area (Å²) in [6, 6.07) is 23.1. The molecule has 154 valence electrons. The van der Waals surface area contributed by atoms with Crippen LogP contribution in [0.1, 0.15) is 16.1 Å². The van der Waals surface area contributed by atoms with Crippen LogP contribution in [0.5, 0.6) is 0 Å². The summed E-state index contributed by atoms with van der Waals surface area (Å²) < 4.78 is 10.5. The van der Waals surface area contributed by atoms with Gasteiger partial charge in [-0.2, -0.15) is 0 Å². The lowest BCUT2D eigenvalue weighted by molar-refractivity contribution is -0.119. The van der Waals surface area contributed by atoms with Crippen LogP contribution in [0, 0.1) is 6.92 Å². The van der Waals surface area contributed by atoms with Gasteiger partial charge in [-0.25, -0.2) is 4.79 Å². The molecule has 0 spiro atoms. The molecule has 0 radical (unpaired) electrons. The monoisotopic (exact) mass is 413 g/mol. The van der Waals surface area contributed by atoms with E-state index in [2.05, 4.69) is 5.32 Å². The maximum Gasteiger partial charge on any atom is 0.374 e. The largest absolute Gasteiger partial charge is 0.450 e. The summed E-state index contributed by atoms with van der Waals surface area (Å²) in [6.45, 7) is 1.34. The van der Waals surface area contributed by atoms with E-state index in [4.69, 9.17) is 9.15 Å². The summed E-state index contributed by atoms with van der Waals surface area (Å²) >= 11 is 0. The molecule has 1 aromatic heterocycles. The molecule has 0 saturated carbocycles. The summed E-state index contributed by atoms with van der Waals surface area (Å²) in [6.07, 6.45) is 0. The van der Waals surface area contributed by atoms with Crippen molar-refractivity contribution >= 4 is 28.5 Å². The third-order valence-electron chi connectivity index (χ3n) is 4.70. The molecule has 0 atom stereocenters. The Bertz CT molecular complexity index is 1320. The first-order valence-corrected chi connectivity index (χ1v) is 9.67. The van der Waals surface area contributed by atoms with Crippen molar-refractivity contribution in [2.75, 3.05) is 11.9 Å². The lowest BCUT2D eigenvalue weighted by Gasteiger charge is -2.11. The van der Waals surface area contributed by atoms with Crippen LogP contribution < -0.4 is 10.7 Å². The van der Waals surface area contributed by atoms with Gasteiger partial charge in [0.15, 0.2) is 12.0 Å². The zero-order valence-corrected chi connectivity index (χ0v) is 16.8. The number of aryl methyl sites for hydroxylation is 1. The number of rotatable bonds is 5. The van der Waals surface area contributed by atoms with Crippen molar-refractivity contribution in [3.63, 3.8) is 0 Å². The molecule has 4 rings (SSSR count). The Morgan fingerprint density at radius 3 is 2.48 bits per heavy atom.